The van der Waals surface area contributed by atoms with E-state index in [1.54, 1.807) is 24.4 Å². The molecule has 0 saturated heterocycles. The van der Waals surface area contributed by atoms with Crippen molar-refractivity contribution in [1.29, 1.82) is 0 Å². The predicted molar refractivity (Wildman–Crippen MR) is 102 cm³/mol. The van der Waals surface area contributed by atoms with Crippen LogP contribution in [0, 0.1) is 0 Å². The standard InChI is InChI=1S/C19H15ClN2O3S/c20-15-10-13-8-9-26(23,24)22-19(13)17(11-15)14-6-7-18(21-12-14)25-16-4-2-1-3-5-16/h1-7,10-12,22H,8-9H2. The van der Waals surface area contributed by atoms with Crippen LogP contribution in [-0.2, 0) is 16.4 Å². The van der Waals surface area contributed by atoms with Gasteiger partial charge in [0.15, 0.2) is 0 Å². The van der Waals surface area contributed by atoms with Crippen molar-refractivity contribution in [3.8, 4) is 22.8 Å². The highest BCUT2D eigenvalue weighted by Crippen LogP contribution is 2.37. The number of hydrogen-bond acceptors (Lipinski definition) is 4. The van der Waals surface area contributed by atoms with Crippen molar-refractivity contribution in [3.63, 3.8) is 0 Å². The Balaban J connectivity index is 1.69. The number of anilines is 1. The second-order valence-corrected chi connectivity index (χ2v) is 8.24. The fraction of sp³-hybridized carbons (Fsp3) is 0.105. The average molecular weight is 387 g/mol. The SMILES string of the molecule is O=S1(=O)CCc2cc(Cl)cc(-c3ccc(Oc4ccccc4)nc3)c2N1. The molecule has 1 aromatic heterocycles. The van der Waals surface area contributed by atoms with E-state index in [-0.39, 0.29) is 5.75 Å². The first kappa shape index (κ1) is 16.9. The van der Waals surface area contributed by atoms with Gasteiger partial charge in [-0.1, -0.05) is 29.8 Å². The number of pyridine rings is 1. The summed E-state index contributed by atoms with van der Waals surface area (Å²) in [6.45, 7) is 0. The summed E-state index contributed by atoms with van der Waals surface area (Å²) in [5.74, 6) is 1.21. The van der Waals surface area contributed by atoms with E-state index in [1.165, 1.54) is 0 Å². The molecule has 0 spiro atoms. The summed E-state index contributed by atoms with van der Waals surface area (Å²) >= 11 is 6.22. The summed E-state index contributed by atoms with van der Waals surface area (Å²) in [5, 5.41) is 0.560. The smallest absolute Gasteiger partial charge is 0.233 e. The molecule has 0 atom stereocenters. The van der Waals surface area contributed by atoms with Gasteiger partial charge in [-0.05, 0) is 42.3 Å². The minimum absolute atomic E-state index is 0.0574. The minimum atomic E-state index is -3.33. The van der Waals surface area contributed by atoms with Gasteiger partial charge in [0, 0.05) is 28.4 Å². The van der Waals surface area contributed by atoms with Gasteiger partial charge in [-0.3, -0.25) is 4.72 Å². The van der Waals surface area contributed by atoms with Gasteiger partial charge in [-0.2, -0.15) is 0 Å². The topological polar surface area (TPSA) is 68.3 Å². The molecule has 0 radical (unpaired) electrons. The number of fused-ring (bicyclic) bond motifs is 1. The number of sulfonamides is 1. The first-order chi connectivity index (χ1) is 12.5. The zero-order valence-corrected chi connectivity index (χ0v) is 15.2. The quantitative estimate of drug-likeness (QED) is 0.720. The number of rotatable bonds is 3. The van der Waals surface area contributed by atoms with Gasteiger partial charge in [-0.15, -0.1) is 0 Å². The Morgan fingerprint density at radius 2 is 1.88 bits per heavy atom. The molecule has 7 heteroatoms. The Hall–Kier alpha value is -2.57. The largest absolute Gasteiger partial charge is 0.439 e. The van der Waals surface area contributed by atoms with E-state index in [0.717, 1.165) is 11.1 Å². The maximum atomic E-state index is 12.0. The minimum Gasteiger partial charge on any atom is -0.439 e. The Bertz CT molecular complexity index is 1050. The third-order valence-electron chi connectivity index (χ3n) is 4.10. The first-order valence-electron chi connectivity index (χ1n) is 8.02. The Morgan fingerprint density at radius 1 is 1.08 bits per heavy atom. The number of aromatic nitrogens is 1. The second-order valence-electron chi connectivity index (χ2n) is 5.96. The number of nitrogens with one attached hydrogen (secondary N) is 1. The van der Waals surface area contributed by atoms with Gasteiger partial charge in [-0.25, -0.2) is 13.4 Å². The van der Waals surface area contributed by atoms with Gasteiger partial charge in [0.05, 0.1) is 11.4 Å². The number of aryl methyl sites for hydroxylation is 1. The number of ether oxygens (including phenoxy) is 1. The van der Waals surface area contributed by atoms with Gasteiger partial charge < -0.3 is 4.74 Å². The first-order valence-corrected chi connectivity index (χ1v) is 10.1. The lowest BCUT2D eigenvalue weighted by atomic mass is 10.0. The molecule has 1 aliphatic heterocycles. The van der Waals surface area contributed by atoms with Crippen LogP contribution >= 0.6 is 11.6 Å². The molecule has 0 unspecified atom stereocenters. The molecule has 2 heterocycles. The number of halogens is 1. The predicted octanol–water partition coefficient (Wildman–Crippen LogP) is 4.49. The van der Waals surface area contributed by atoms with Crippen molar-refractivity contribution in [2.45, 2.75) is 6.42 Å². The average Bonchev–Trinajstić information content (AvgIpc) is 2.63. The summed E-state index contributed by atoms with van der Waals surface area (Å²) in [7, 11) is -3.33. The maximum absolute atomic E-state index is 12.0. The lowest BCUT2D eigenvalue weighted by Gasteiger charge is -2.22. The molecular formula is C19H15ClN2O3S. The van der Waals surface area contributed by atoms with E-state index in [1.807, 2.05) is 36.4 Å². The molecule has 26 heavy (non-hydrogen) atoms. The van der Waals surface area contributed by atoms with Gasteiger partial charge in [0.25, 0.3) is 0 Å². The van der Waals surface area contributed by atoms with Gasteiger partial charge >= 0.3 is 0 Å². The maximum Gasteiger partial charge on any atom is 0.233 e. The van der Waals surface area contributed by atoms with Gasteiger partial charge in [0.2, 0.25) is 15.9 Å². The molecular weight excluding hydrogens is 372 g/mol. The van der Waals surface area contributed by atoms with Crippen molar-refractivity contribution >= 4 is 27.3 Å². The number of nitrogens with zero attached hydrogens (tertiary/aromatic N) is 1. The third kappa shape index (κ3) is 3.52. The normalized spacial score (nSPS) is 15.0. The summed E-state index contributed by atoms with van der Waals surface area (Å²) in [4.78, 5) is 4.32. The number of para-hydroxylation sites is 1. The molecule has 1 aliphatic rings. The fourth-order valence-electron chi connectivity index (χ4n) is 2.87. The summed E-state index contributed by atoms with van der Waals surface area (Å²) < 4.78 is 32.2. The Kier molecular flexibility index (Phi) is 4.30. The van der Waals surface area contributed by atoms with Gasteiger partial charge in [0.1, 0.15) is 5.75 Å². The van der Waals surface area contributed by atoms with Crippen molar-refractivity contribution in [1.82, 2.24) is 4.98 Å². The lowest BCUT2D eigenvalue weighted by Crippen LogP contribution is -2.24. The van der Waals surface area contributed by atoms with Crippen LogP contribution in [0.3, 0.4) is 0 Å². The molecule has 3 aromatic rings. The molecule has 1 N–H and O–H groups in total. The molecule has 132 valence electrons. The van der Waals surface area contributed by atoms with E-state index in [0.29, 0.717) is 34.3 Å². The van der Waals surface area contributed by atoms with E-state index in [9.17, 15) is 8.42 Å². The molecule has 0 fully saturated rings. The molecule has 2 aromatic carbocycles. The zero-order chi connectivity index (χ0) is 18.1. The monoisotopic (exact) mass is 386 g/mol. The third-order valence-corrected chi connectivity index (χ3v) is 5.57. The van der Waals surface area contributed by atoms with E-state index in [2.05, 4.69) is 9.71 Å². The van der Waals surface area contributed by atoms with Crippen LogP contribution < -0.4 is 9.46 Å². The highest BCUT2D eigenvalue weighted by atomic mass is 35.5. The van der Waals surface area contributed by atoms with Crippen molar-refractivity contribution in [2.75, 3.05) is 10.5 Å². The number of hydrogen-bond donors (Lipinski definition) is 1. The van der Waals surface area contributed by atoms with Crippen LogP contribution in [-0.4, -0.2) is 19.2 Å². The van der Waals surface area contributed by atoms with Crippen molar-refractivity contribution < 1.29 is 13.2 Å². The summed E-state index contributed by atoms with van der Waals surface area (Å²) in [6, 6.07) is 16.5. The van der Waals surface area contributed by atoms with Crippen LogP contribution in [0.5, 0.6) is 11.6 Å². The highest BCUT2D eigenvalue weighted by Gasteiger charge is 2.24. The molecule has 0 bridgehead atoms. The van der Waals surface area contributed by atoms with Crippen molar-refractivity contribution in [2.24, 2.45) is 0 Å². The van der Waals surface area contributed by atoms with Crippen LogP contribution in [0.15, 0.2) is 60.8 Å². The Labute approximate surface area is 156 Å². The van der Waals surface area contributed by atoms with Crippen LogP contribution in [0.25, 0.3) is 11.1 Å². The lowest BCUT2D eigenvalue weighted by molar-refractivity contribution is 0.463. The molecule has 0 aliphatic carbocycles. The molecule has 4 rings (SSSR count). The van der Waals surface area contributed by atoms with Crippen LogP contribution in [0.2, 0.25) is 5.02 Å². The Morgan fingerprint density at radius 3 is 2.62 bits per heavy atom. The number of benzene rings is 2. The zero-order valence-electron chi connectivity index (χ0n) is 13.6. The molecule has 0 amide bonds. The van der Waals surface area contributed by atoms with E-state index < -0.39 is 10.0 Å². The summed E-state index contributed by atoms with van der Waals surface area (Å²) in [5.41, 5.74) is 2.91. The van der Waals surface area contributed by atoms with Crippen LogP contribution in [0.4, 0.5) is 5.69 Å². The second kappa shape index (κ2) is 6.63. The molecule has 5 nitrogen and oxygen atoms in total. The highest BCUT2D eigenvalue weighted by molar-refractivity contribution is 7.92. The van der Waals surface area contributed by atoms with E-state index in [4.69, 9.17) is 16.3 Å². The van der Waals surface area contributed by atoms with E-state index >= 15 is 0 Å². The van der Waals surface area contributed by atoms with Crippen LogP contribution in [0.1, 0.15) is 5.56 Å². The summed E-state index contributed by atoms with van der Waals surface area (Å²) in [6.07, 6.45) is 2.08. The fourth-order valence-corrected chi connectivity index (χ4v) is 4.25. The van der Waals surface area contributed by atoms with Crippen molar-refractivity contribution in [3.05, 3.63) is 71.4 Å². The molecule has 0 saturated carbocycles.